The largest absolute Gasteiger partial charge is 0.394 e. The first-order valence-electron chi connectivity index (χ1n) is 8.50. The number of aromatic nitrogens is 5. The fourth-order valence-electron chi connectivity index (χ4n) is 3.12. The van der Waals surface area contributed by atoms with Crippen LogP contribution in [-0.4, -0.2) is 70.4 Å². The van der Waals surface area contributed by atoms with Gasteiger partial charge in [0.2, 0.25) is 0 Å². The lowest BCUT2D eigenvalue weighted by molar-refractivity contribution is -0.178. The summed E-state index contributed by atoms with van der Waals surface area (Å²) in [7, 11) is 0. The van der Waals surface area contributed by atoms with Gasteiger partial charge in [-0.1, -0.05) is 23.4 Å². The van der Waals surface area contributed by atoms with Crippen LogP contribution in [0.4, 0.5) is 0 Å². The minimum atomic E-state index is -1.15. The molecule has 0 saturated carbocycles. The number of aliphatic hydroxyl groups excluding tert-OH is 3. The molecule has 1 aliphatic heterocycles. The van der Waals surface area contributed by atoms with Crippen LogP contribution in [0.2, 0.25) is 5.02 Å². The Balaban J connectivity index is 1.61. The first-order valence-corrected chi connectivity index (χ1v) is 9.76. The number of thioether (sulfide) groups is 1. The molecule has 9 nitrogen and oxygen atoms in total. The van der Waals surface area contributed by atoms with E-state index in [1.54, 1.807) is 37.1 Å². The van der Waals surface area contributed by atoms with Gasteiger partial charge in [0.25, 0.3) is 0 Å². The maximum Gasteiger partial charge on any atom is 0.140 e. The molecule has 1 saturated heterocycles. The van der Waals surface area contributed by atoms with Crippen LogP contribution in [0.15, 0.2) is 48.1 Å². The SMILES string of the molecule is OCC1O[C@H](Sc2cncc(Cl)c2)C(O)[C@@H](n2cc(-c3ncc[nH]3)cn2)[C@H]1O. The summed E-state index contributed by atoms with van der Waals surface area (Å²) in [5.41, 5.74) is -0.0539. The van der Waals surface area contributed by atoms with Gasteiger partial charge in [-0.15, -0.1) is 0 Å². The lowest BCUT2D eigenvalue weighted by Gasteiger charge is -2.42. The zero-order chi connectivity index (χ0) is 19.7. The average molecular weight is 424 g/mol. The third kappa shape index (κ3) is 3.79. The van der Waals surface area contributed by atoms with Gasteiger partial charge in [-0.05, 0) is 6.07 Å². The van der Waals surface area contributed by atoms with Crippen LogP contribution in [0.1, 0.15) is 6.04 Å². The molecule has 1 aliphatic rings. The van der Waals surface area contributed by atoms with Gasteiger partial charge < -0.3 is 25.0 Å². The Morgan fingerprint density at radius 3 is 2.82 bits per heavy atom. The monoisotopic (exact) mass is 423 g/mol. The topological polar surface area (TPSA) is 129 Å². The Bertz CT molecular complexity index is 924. The molecule has 1 fully saturated rings. The van der Waals surface area contributed by atoms with Crippen molar-refractivity contribution in [1.82, 2.24) is 24.7 Å². The molecule has 3 aromatic rings. The van der Waals surface area contributed by atoms with Crippen molar-refractivity contribution in [3.8, 4) is 11.4 Å². The van der Waals surface area contributed by atoms with E-state index in [1.807, 2.05) is 0 Å². The van der Waals surface area contributed by atoms with Crippen LogP contribution in [0, 0.1) is 0 Å². The van der Waals surface area contributed by atoms with E-state index in [-0.39, 0.29) is 0 Å². The zero-order valence-corrected chi connectivity index (χ0v) is 16.0. The molecular weight excluding hydrogens is 406 g/mol. The molecule has 28 heavy (non-hydrogen) atoms. The maximum absolute atomic E-state index is 10.9. The summed E-state index contributed by atoms with van der Waals surface area (Å²) in [4.78, 5) is 11.9. The number of halogens is 1. The predicted octanol–water partition coefficient (Wildman–Crippen LogP) is 1.09. The quantitative estimate of drug-likeness (QED) is 0.480. The standard InChI is InChI=1S/C17H18ClN5O4S/c18-10-3-11(6-19-5-10)28-17-15(26)13(14(25)12(8-24)27-17)23-7-9(4-22-23)16-20-1-2-21-16/h1-7,12-15,17,24-26H,8H2,(H,20,21)/t12?,13-,14-,15?,17+/m0/s1. The summed E-state index contributed by atoms with van der Waals surface area (Å²) in [6.07, 6.45) is 6.55. The van der Waals surface area contributed by atoms with Gasteiger partial charge in [0.15, 0.2) is 0 Å². The number of imidazole rings is 1. The number of hydrogen-bond acceptors (Lipinski definition) is 8. The van der Waals surface area contributed by atoms with Crippen molar-refractivity contribution in [2.75, 3.05) is 6.61 Å². The van der Waals surface area contributed by atoms with Gasteiger partial charge >= 0.3 is 0 Å². The van der Waals surface area contributed by atoms with Crippen molar-refractivity contribution in [3.63, 3.8) is 0 Å². The molecule has 11 heteroatoms. The number of aromatic amines is 1. The van der Waals surface area contributed by atoms with Crippen molar-refractivity contribution in [3.05, 3.63) is 48.3 Å². The maximum atomic E-state index is 10.9. The Morgan fingerprint density at radius 1 is 1.25 bits per heavy atom. The van der Waals surface area contributed by atoms with Crippen LogP contribution in [0.3, 0.4) is 0 Å². The minimum absolute atomic E-state index is 0.401. The first-order chi connectivity index (χ1) is 13.6. The summed E-state index contributed by atoms with van der Waals surface area (Å²) in [6.45, 7) is -0.401. The number of nitrogens with zero attached hydrogens (tertiary/aromatic N) is 4. The molecule has 0 spiro atoms. The van der Waals surface area contributed by atoms with Crippen molar-refractivity contribution in [1.29, 1.82) is 0 Å². The average Bonchev–Trinajstić information content (AvgIpc) is 3.36. The summed E-state index contributed by atoms with van der Waals surface area (Å²) in [5, 5.41) is 35.9. The molecular formula is C17H18ClN5O4S. The smallest absolute Gasteiger partial charge is 0.140 e. The van der Waals surface area contributed by atoms with E-state index in [0.29, 0.717) is 21.3 Å². The lowest BCUT2D eigenvalue weighted by Crippen LogP contribution is -2.54. The van der Waals surface area contributed by atoms with Crippen LogP contribution in [-0.2, 0) is 4.74 Å². The molecule has 5 atom stereocenters. The van der Waals surface area contributed by atoms with E-state index in [9.17, 15) is 15.3 Å². The molecule has 0 radical (unpaired) electrons. The van der Waals surface area contributed by atoms with Crippen LogP contribution in [0.25, 0.3) is 11.4 Å². The van der Waals surface area contributed by atoms with Crippen molar-refractivity contribution in [2.45, 2.75) is 34.7 Å². The molecule has 148 valence electrons. The third-order valence-corrected chi connectivity index (χ3v) is 5.78. The summed E-state index contributed by atoms with van der Waals surface area (Å²) in [5.74, 6) is 0.622. The molecule has 0 aromatic carbocycles. The van der Waals surface area contributed by atoms with Crippen molar-refractivity contribution >= 4 is 23.4 Å². The van der Waals surface area contributed by atoms with Gasteiger partial charge in [-0.3, -0.25) is 9.67 Å². The second kappa shape index (κ2) is 8.19. The molecule has 0 aliphatic carbocycles. The normalized spacial score (nSPS) is 27.8. The van der Waals surface area contributed by atoms with Crippen molar-refractivity contribution in [2.24, 2.45) is 0 Å². The van der Waals surface area contributed by atoms with Crippen LogP contribution < -0.4 is 0 Å². The minimum Gasteiger partial charge on any atom is -0.394 e. The molecule has 2 unspecified atom stereocenters. The molecule has 0 amide bonds. The summed E-state index contributed by atoms with van der Waals surface area (Å²) in [6, 6.07) is 0.880. The van der Waals surface area contributed by atoms with E-state index < -0.39 is 36.4 Å². The highest BCUT2D eigenvalue weighted by Crippen LogP contribution is 2.38. The van der Waals surface area contributed by atoms with E-state index in [2.05, 4.69) is 20.1 Å². The number of aliphatic hydroxyl groups is 3. The van der Waals surface area contributed by atoms with E-state index in [1.165, 1.54) is 22.6 Å². The summed E-state index contributed by atoms with van der Waals surface area (Å²) < 4.78 is 7.19. The molecule has 3 aromatic heterocycles. The van der Waals surface area contributed by atoms with Crippen molar-refractivity contribution < 1.29 is 20.1 Å². The highest BCUT2D eigenvalue weighted by molar-refractivity contribution is 7.99. The Labute approximate surface area is 169 Å². The molecule has 0 bridgehead atoms. The number of ether oxygens (including phenoxy) is 1. The van der Waals surface area contributed by atoms with Gasteiger partial charge in [0.05, 0.1) is 23.4 Å². The zero-order valence-electron chi connectivity index (χ0n) is 14.5. The van der Waals surface area contributed by atoms with Crippen LogP contribution in [0.5, 0.6) is 0 Å². The molecule has 4 heterocycles. The number of hydrogen-bond donors (Lipinski definition) is 4. The fourth-order valence-corrected chi connectivity index (χ4v) is 4.44. The Hall–Kier alpha value is -1.95. The Kier molecular flexibility index (Phi) is 5.67. The van der Waals surface area contributed by atoms with E-state index in [0.717, 1.165) is 0 Å². The highest BCUT2D eigenvalue weighted by Gasteiger charge is 2.46. The fraction of sp³-hybridized carbons (Fsp3) is 0.353. The Morgan fingerprint density at radius 2 is 2.11 bits per heavy atom. The second-order valence-electron chi connectivity index (χ2n) is 6.30. The molecule has 4 N–H and O–H groups in total. The predicted molar refractivity (Wildman–Crippen MR) is 102 cm³/mol. The van der Waals surface area contributed by atoms with Crippen LogP contribution >= 0.6 is 23.4 Å². The summed E-state index contributed by atoms with van der Waals surface area (Å²) >= 11 is 7.18. The van der Waals surface area contributed by atoms with Gasteiger partial charge in [-0.2, -0.15) is 5.10 Å². The lowest BCUT2D eigenvalue weighted by atomic mass is 9.97. The van der Waals surface area contributed by atoms with E-state index in [4.69, 9.17) is 16.3 Å². The number of pyridine rings is 1. The second-order valence-corrected chi connectivity index (χ2v) is 7.91. The van der Waals surface area contributed by atoms with Gasteiger partial charge in [0, 0.05) is 35.9 Å². The highest BCUT2D eigenvalue weighted by atomic mass is 35.5. The number of H-pyrrole nitrogens is 1. The third-order valence-electron chi connectivity index (χ3n) is 4.46. The number of nitrogens with one attached hydrogen (secondary N) is 1. The number of rotatable bonds is 5. The van der Waals surface area contributed by atoms with Gasteiger partial charge in [-0.25, -0.2) is 4.98 Å². The molecule has 4 rings (SSSR count). The van der Waals surface area contributed by atoms with Gasteiger partial charge in [0.1, 0.15) is 35.6 Å². The van der Waals surface area contributed by atoms with E-state index >= 15 is 0 Å². The first kappa shape index (κ1) is 19.4.